The molecular formula is C10H13N4O8P. The maximum absolute atomic E-state index is 11.6. The van der Waals surface area contributed by atoms with Crippen LogP contribution >= 0.6 is 7.82 Å². The first-order valence-corrected chi connectivity index (χ1v) is 7.94. The smallest absolute Gasteiger partial charge is 0.387 e. The Morgan fingerprint density at radius 3 is 2.74 bits per heavy atom. The second-order valence-corrected chi connectivity index (χ2v) is 6.15. The number of hydrogen-bond acceptors (Lipinski definition) is 8. The molecule has 0 aliphatic carbocycles. The summed E-state index contributed by atoms with van der Waals surface area (Å²) < 4.78 is 20.3. The first-order valence-electron chi connectivity index (χ1n) is 6.41. The molecule has 126 valence electrons. The van der Waals surface area contributed by atoms with Crippen LogP contribution in [0.5, 0.6) is 0 Å². The Morgan fingerprint density at radius 2 is 2.09 bits per heavy atom. The monoisotopic (exact) mass is 348 g/mol. The number of aliphatic hydroxyl groups is 2. The van der Waals surface area contributed by atoms with Gasteiger partial charge in [-0.25, -0.2) is 14.5 Å². The van der Waals surface area contributed by atoms with Crippen LogP contribution in [0.25, 0.3) is 11.2 Å². The van der Waals surface area contributed by atoms with Crippen LogP contribution in [-0.2, 0) is 13.8 Å². The summed E-state index contributed by atoms with van der Waals surface area (Å²) in [7, 11) is -4.74. The van der Waals surface area contributed by atoms with Crippen molar-refractivity contribution in [1.29, 1.82) is 0 Å². The van der Waals surface area contributed by atoms with Crippen LogP contribution in [0.1, 0.15) is 11.9 Å². The number of ether oxygens (including phenoxy) is 1. The van der Waals surface area contributed by atoms with Gasteiger partial charge in [0.05, 0.1) is 12.9 Å². The van der Waals surface area contributed by atoms with E-state index in [0.717, 1.165) is 6.33 Å². The third-order valence-electron chi connectivity index (χ3n) is 3.35. The normalized spacial score (nSPS) is 28.5. The predicted octanol–water partition coefficient (Wildman–Crippen LogP) is -2.08. The molecule has 4 atom stereocenters. The van der Waals surface area contributed by atoms with Gasteiger partial charge in [0.1, 0.15) is 30.2 Å². The number of phosphoric acid groups is 1. The van der Waals surface area contributed by atoms with Crippen LogP contribution in [0.15, 0.2) is 11.1 Å². The summed E-state index contributed by atoms with van der Waals surface area (Å²) >= 11 is 0. The summed E-state index contributed by atoms with van der Waals surface area (Å²) in [6, 6.07) is 0. The first kappa shape index (κ1) is 16.2. The lowest BCUT2D eigenvalue weighted by Crippen LogP contribution is -2.33. The number of imidazole rings is 1. The maximum Gasteiger partial charge on any atom is 0.469 e. The topological polar surface area (TPSA) is 191 Å². The molecule has 0 amide bonds. The molecule has 1 aliphatic rings. The van der Waals surface area contributed by atoms with Crippen molar-refractivity contribution in [1.82, 2.24) is 19.9 Å². The SMILES string of the molecule is O=c1[nH]cnc2nc([C@@H]3O[C@H](COP(=O)(O)O)[C@@H](O)[C@H]3O)[nH]c12. The minimum atomic E-state index is -4.74. The van der Waals surface area contributed by atoms with Crippen molar-refractivity contribution in [3.8, 4) is 0 Å². The number of phosphoric ester groups is 1. The number of hydrogen-bond donors (Lipinski definition) is 6. The van der Waals surface area contributed by atoms with Crippen LogP contribution in [0.3, 0.4) is 0 Å². The Bertz CT molecular complexity index is 815. The Hall–Kier alpha value is -1.66. The molecule has 1 saturated heterocycles. The molecule has 13 heteroatoms. The van der Waals surface area contributed by atoms with Gasteiger partial charge in [0.15, 0.2) is 11.2 Å². The van der Waals surface area contributed by atoms with Crippen LogP contribution < -0.4 is 5.56 Å². The van der Waals surface area contributed by atoms with Gasteiger partial charge in [-0.15, -0.1) is 0 Å². The lowest BCUT2D eigenvalue weighted by molar-refractivity contribution is -0.0244. The van der Waals surface area contributed by atoms with Gasteiger partial charge >= 0.3 is 7.82 Å². The highest BCUT2D eigenvalue weighted by molar-refractivity contribution is 7.46. The third-order valence-corrected chi connectivity index (χ3v) is 3.84. The number of fused-ring (bicyclic) bond motifs is 1. The Morgan fingerprint density at radius 1 is 1.35 bits per heavy atom. The van der Waals surface area contributed by atoms with Crippen molar-refractivity contribution in [2.24, 2.45) is 0 Å². The number of nitrogens with zero attached hydrogens (tertiary/aromatic N) is 2. The third kappa shape index (κ3) is 3.19. The fourth-order valence-corrected chi connectivity index (χ4v) is 2.62. The molecule has 0 saturated carbocycles. The Labute approximate surface area is 127 Å². The second-order valence-electron chi connectivity index (χ2n) is 4.91. The lowest BCUT2D eigenvalue weighted by Gasteiger charge is -2.14. The molecule has 0 aromatic carbocycles. The Balaban J connectivity index is 1.83. The van der Waals surface area contributed by atoms with Crippen LogP contribution in [0.2, 0.25) is 0 Å². The number of aliphatic hydroxyl groups excluding tert-OH is 2. The maximum atomic E-state index is 11.6. The van der Waals surface area contributed by atoms with E-state index in [1.165, 1.54) is 0 Å². The van der Waals surface area contributed by atoms with Gasteiger partial charge in [-0.3, -0.25) is 9.32 Å². The summed E-state index contributed by atoms with van der Waals surface area (Å²) in [5, 5.41) is 19.9. The molecule has 23 heavy (non-hydrogen) atoms. The zero-order valence-corrected chi connectivity index (χ0v) is 12.3. The molecule has 2 aromatic rings. The molecule has 0 unspecified atom stereocenters. The average molecular weight is 348 g/mol. The van der Waals surface area contributed by atoms with Gasteiger partial charge in [-0.2, -0.15) is 0 Å². The fourth-order valence-electron chi connectivity index (χ4n) is 2.28. The molecule has 0 spiro atoms. The number of aromatic nitrogens is 4. The number of nitrogens with one attached hydrogen (secondary N) is 2. The predicted molar refractivity (Wildman–Crippen MR) is 72.1 cm³/mol. The van der Waals surface area contributed by atoms with Crippen molar-refractivity contribution >= 4 is 19.0 Å². The summed E-state index contributed by atoms with van der Waals surface area (Å²) in [5.74, 6) is 0.0504. The van der Waals surface area contributed by atoms with E-state index in [1.54, 1.807) is 0 Å². The first-order chi connectivity index (χ1) is 10.8. The molecule has 2 aromatic heterocycles. The number of aromatic amines is 2. The van der Waals surface area contributed by atoms with Crippen molar-refractivity contribution in [2.45, 2.75) is 24.4 Å². The van der Waals surface area contributed by atoms with Gasteiger partial charge in [0.2, 0.25) is 0 Å². The second kappa shape index (κ2) is 5.76. The summed E-state index contributed by atoms with van der Waals surface area (Å²) in [6.45, 7) is -0.627. The molecular weight excluding hydrogens is 335 g/mol. The summed E-state index contributed by atoms with van der Waals surface area (Å²) in [6.07, 6.45) is -4.04. The van der Waals surface area contributed by atoms with E-state index in [9.17, 15) is 19.6 Å². The minimum Gasteiger partial charge on any atom is -0.387 e. The highest BCUT2D eigenvalue weighted by atomic mass is 31.2. The molecule has 0 radical (unpaired) electrons. The van der Waals surface area contributed by atoms with Gasteiger partial charge in [0, 0.05) is 0 Å². The van der Waals surface area contributed by atoms with E-state index in [2.05, 4.69) is 24.5 Å². The quantitative estimate of drug-likeness (QED) is 0.334. The van der Waals surface area contributed by atoms with Crippen molar-refractivity contribution in [2.75, 3.05) is 6.61 Å². The molecule has 1 fully saturated rings. The lowest BCUT2D eigenvalue weighted by atomic mass is 10.1. The van der Waals surface area contributed by atoms with Gasteiger partial charge in [-0.05, 0) is 0 Å². The standard InChI is InChI=1S/C10H13N4O8P/c15-5-3(1-21-23(18,19)20)22-7(6(5)16)9-13-4-8(14-9)11-2-12-10(4)17/h2-3,5-7,15-16H,1H2,(H2,18,19,20)(H2,11,12,13,14,17)/t3-,5-,6-,7-/m1/s1. The van der Waals surface area contributed by atoms with E-state index in [-0.39, 0.29) is 17.0 Å². The van der Waals surface area contributed by atoms with Crippen molar-refractivity contribution in [3.63, 3.8) is 0 Å². The van der Waals surface area contributed by atoms with E-state index in [4.69, 9.17) is 14.5 Å². The van der Waals surface area contributed by atoms with Crippen LogP contribution in [-0.4, -0.2) is 64.9 Å². The number of rotatable bonds is 4. The molecule has 1 aliphatic heterocycles. The molecule has 3 heterocycles. The summed E-state index contributed by atoms with van der Waals surface area (Å²) in [5.41, 5.74) is -0.296. The zero-order chi connectivity index (χ0) is 16.8. The van der Waals surface area contributed by atoms with Gasteiger partial charge < -0.3 is 34.7 Å². The van der Waals surface area contributed by atoms with Crippen LogP contribution in [0, 0.1) is 0 Å². The van der Waals surface area contributed by atoms with E-state index >= 15 is 0 Å². The molecule has 6 N–H and O–H groups in total. The summed E-state index contributed by atoms with van der Waals surface area (Å²) in [4.78, 5) is 41.8. The van der Waals surface area contributed by atoms with Crippen molar-refractivity contribution < 1.29 is 33.8 Å². The van der Waals surface area contributed by atoms with Gasteiger partial charge in [0.25, 0.3) is 5.56 Å². The highest BCUT2D eigenvalue weighted by Crippen LogP contribution is 2.39. The molecule has 3 rings (SSSR count). The van der Waals surface area contributed by atoms with Gasteiger partial charge in [-0.1, -0.05) is 0 Å². The number of H-pyrrole nitrogens is 2. The zero-order valence-electron chi connectivity index (χ0n) is 11.4. The molecule has 0 bridgehead atoms. The fraction of sp³-hybridized carbons (Fsp3) is 0.500. The molecule has 12 nitrogen and oxygen atoms in total. The van der Waals surface area contributed by atoms with Crippen molar-refractivity contribution in [3.05, 3.63) is 22.5 Å². The van der Waals surface area contributed by atoms with E-state index in [0.29, 0.717) is 0 Å². The minimum absolute atomic E-state index is 0.0504. The van der Waals surface area contributed by atoms with Crippen LogP contribution in [0.4, 0.5) is 0 Å². The van der Waals surface area contributed by atoms with E-state index < -0.39 is 44.4 Å². The van der Waals surface area contributed by atoms with E-state index in [1.807, 2.05) is 0 Å². The largest absolute Gasteiger partial charge is 0.469 e. The average Bonchev–Trinajstić information content (AvgIpc) is 3.01. The Kier molecular flexibility index (Phi) is 4.06. The highest BCUT2D eigenvalue weighted by Gasteiger charge is 2.45.